The van der Waals surface area contributed by atoms with E-state index in [1.165, 1.54) is 5.56 Å². The molecule has 1 aromatic rings. The predicted molar refractivity (Wildman–Crippen MR) is 66.8 cm³/mol. The van der Waals surface area contributed by atoms with Gasteiger partial charge in [-0.1, -0.05) is 25.1 Å². The number of hydrogen-bond acceptors (Lipinski definition) is 2. The second kappa shape index (κ2) is 4.46. The van der Waals surface area contributed by atoms with E-state index in [2.05, 4.69) is 44.3 Å². The summed E-state index contributed by atoms with van der Waals surface area (Å²) in [6, 6.07) is 8.77. The van der Waals surface area contributed by atoms with E-state index in [1.807, 2.05) is 6.07 Å². The van der Waals surface area contributed by atoms with Crippen LogP contribution in [0.2, 0.25) is 0 Å². The molecule has 2 heteroatoms. The van der Waals surface area contributed by atoms with Crippen molar-refractivity contribution in [3.05, 3.63) is 29.8 Å². The summed E-state index contributed by atoms with van der Waals surface area (Å²) in [5.74, 6) is 1.04. The number of rotatable bonds is 3. The van der Waals surface area contributed by atoms with E-state index < -0.39 is 0 Å². The van der Waals surface area contributed by atoms with Crippen molar-refractivity contribution in [2.24, 2.45) is 0 Å². The highest BCUT2D eigenvalue weighted by atomic mass is 16.5. The molecular weight excluding hydrogens is 198 g/mol. The Morgan fingerprint density at radius 3 is 2.88 bits per heavy atom. The predicted octanol–water partition coefficient (Wildman–Crippen LogP) is 3.29. The molecule has 1 aliphatic heterocycles. The number of benzene rings is 1. The fourth-order valence-corrected chi connectivity index (χ4v) is 2.07. The van der Waals surface area contributed by atoms with E-state index in [0.717, 1.165) is 25.2 Å². The molecule has 0 saturated carbocycles. The average molecular weight is 219 g/mol. The SMILES string of the molecule is CCC(C)(C)NC1CCOc2ccccc21. The van der Waals surface area contributed by atoms with Crippen LogP contribution in [-0.2, 0) is 0 Å². The van der Waals surface area contributed by atoms with Crippen molar-refractivity contribution < 1.29 is 4.74 Å². The van der Waals surface area contributed by atoms with Crippen LogP contribution in [0.4, 0.5) is 0 Å². The molecule has 1 unspecified atom stereocenters. The molecule has 1 aliphatic rings. The molecule has 2 nitrogen and oxygen atoms in total. The summed E-state index contributed by atoms with van der Waals surface area (Å²) in [5, 5.41) is 3.72. The Morgan fingerprint density at radius 1 is 1.38 bits per heavy atom. The lowest BCUT2D eigenvalue weighted by molar-refractivity contribution is 0.223. The number of hydrogen-bond donors (Lipinski definition) is 1. The Kier molecular flexibility index (Phi) is 3.20. The molecule has 1 aromatic carbocycles. The van der Waals surface area contributed by atoms with E-state index >= 15 is 0 Å². The van der Waals surface area contributed by atoms with Crippen LogP contribution in [0, 0.1) is 0 Å². The van der Waals surface area contributed by atoms with Gasteiger partial charge < -0.3 is 10.1 Å². The van der Waals surface area contributed by atoms with Crippen LogP contribution in [0.25, 0.3) is 0 Å². The average Bonchev–Trinajstić information content (AvgIpc) is 2.29. The van der Waals surface area contributed by atoms with Crippen LogP contribution in [-0.4, -0.2) is 12.1 Å². The summed E-state index contributed by atoms with van der Waals surface area (Å²) in [5.41, 5.74) is 1.49. The second-order valence-corrected chi connectivity index (χ2v) is 5.11. The molecule has 2 rings (SSSR count). The van der Waals surface area contributed by atoms with Crippen LogP contribution in [0.15, 0.2) is 24.3 Å². The molecule has 16 heavy (non-hydrogen) atoms. The van der Waals surface area contributed by atoms with Crippen LogP contribution >= 0.6 is 0 Å². The maximum atomic E-state index is 5.66. The maximum absolute atomic E-state index is 5.66. The minimum Gasteiger partial charge on any atom is -0.493 e. The van der Waals surface area contributed by atoms with Crippen molar-refractivity contribution in [1.29, 1.82) is 0 Å². The van der Waals surface area contributed by atoms with Gasteiger partial charge in [-0.05, 0) is 26.3 Å². The summed E-state index contributed by atoms with van der Waals surface area (Å²) in [6.07, 6.45) is 2.19. The van der Waals surface area contributed by atoms with Crippen LogP contribution < -0.4 is 10.1 Å². The number of fused-ring (bicyclic) bond motifs is 1. The van der Waals surface area contributed by atoms with Gasteiger partial charge in [-0.25, -0.2) is 0 Å². The summed E-state index contributed by atoms with van der Waals surface area (Å²) < 4.78 is 5.66. The molecule has 1 atom stereocenters. The van der Waals surface area contributed by atoms with E-state index in [4.69, 9.17) is 4.74 Å². The van der Waals surface area contributed by atoms with Crippen molar-refractivity contribution in [2.45, 2.75) is 45.2 Å². The lowest BCUT2D eigenvalue weighted by Crippen LogP contribution is -2.42. The van der Waals surface area contributed by atoms with Crippen molar-refractivity contribution in [3.63, 3.8) is 0 Å². The van der Waals surface area contributed by atoms with Crippen molar-refractivity contribution in [1.82, 2.24) is 5.32 Å². The van der Waals surface area contributed by atoms with Gasteiger partial charge in [0.05, 0.1) is 6.61 Å². The summed E-state index contributed by atoms with van der Waals surface area (Å²) >= 11 is 0. The zero-order valence-electron chi connectivity index (χ0n) is 10.4. The van der Waals surface area contributed by atoms with E-state index in [-0.39, 0.29) is 5.54 Å². The molecule has 0 radical (unpaired) electrons. The monoisotopic (exact) mass is 219 g/mol. The Labute approximate surface area is 98.0 Å². The molecule has 0 saturated heterocycles. The quantitative estimate of drug-likeness (QED) is 0.842. The van der Waals surface area contributed by atoms with Gasteiger partial charge in [0.25, 0.3) is 0 Å². The van der Waals surface area contributed by atoms with Crippen molar-refractivity contribution in [2.75, 3.05) is 6.61 Å². The van der Waals surface area contributed by atoms with Crippen LogP contribution in [0.3, 0.4) is 0 Å². The molecule has 0 fully saturated rings. The Bertz CT molecular complexity index is 360. The number of para-hydroxylation sites is 1. The molecule has 0 aliphatic carbocycles. The first-order valence-corrected chi connectivity index (χ1v) is 6.12. The van der Waals surface area contributed by atoms with Gasteiger partial charge in [-0.15, -0.1) is 0 Å². The minimum atomic E-state index is 0.190. The van der Waals surface area contributed by atoms with Gasteiger partial charge in [0.2, 0.25) is 0 Å². The van der Waals surface area contributed by atoms with Gasteiger partial charge >= 0.3 is 0 Å². The van der Waals surface area contributed by atoms with Gasteiger partial charge in [-0.3, -0.25) is 0 Å². The minimum absolute atomic E-state index is 0.190. The van der Waals surface area contributed by atoms with Gasteiger partial charge in [0.1, 0.15) is 5.75 Å². The van der Waals surface area contributed by atoms with Crippen molar-refractivity contribution >= 4 is 0 Å². The Balaban J connectivity index is 2.19. The maximum Gasteiger partial charge on any atom is 0.124 e. The third-order valence-electron chi connectivity index (χ3n) is 3.41. The second-order valence-electron chi connectivity index (χ2n) is 5.11. The molecular formula is C14H21NO. The highest BCUT2D eigenvalue weighted by molar-refractivity contribution is 5.37. The van der Waals surface area contributed by atoms with Crippen molar-refractivity contribution in [3.8, 4) is 5.75 Å². The molecule has 0 aromatic heterocycles. The topological polar surface area (TPSA) is 21.3 Å². The van der Waals surface area contributed by atoms with Crippen LogP contribution in [0.1, 0.15) is 45.2 Å². The summed E-state index contributed by atoms with van der Waals surface area (Å²) in [6.45, 7) is 7.54. The third-order valence-corrected chi connectivity index (χ3v) is 3.41. The molecule has 0 amide bonds. The first-order valence-electron chi connectivity index (χ1n) is 6.12. The zero-order chi connectivity index (χ0) is 11.6. The highest BCUT2D eigenvalue weighted by Gasteiger charge is 2.26. The molecule has 0 bridgehead atoms. The fourth-order valence-electron chi connectivity index (χ4n) is 2.07. The zero-order valence-corrected chi connectivity index (χ0v) is 10.4. The Morgan fingerprint density at radius 2 is 2.12 bits per heavy atom. The molecule has 88 valence electrons. The van der Waals surface area contributed by atoms with Gasteiger partial charge in [-0.2, -0.15) is 0 Å². The highest BCUT2D eigenvalue weighted by Crippen LogP contribution is 2.33. The lowest BCUT2D eigenvalue weighted by Gasteiger charge is -2.34. The van der Waals surface area contributed by atoms with Crippen LogP contribution in [0.5, 0.6) is 5.75 Å². The smallest absolute Gasteiger partial charge is 0.124 e. The third kappa shape index (κ3) is 2.38. The fraction of sp³-hybridized carbons (Fsp3) is 0.571. The number of ether oxygens (including phenoxy) is 1. The van der Waals surface area contributed by atoms with Gasteiger partial charge in [0, 0.05) is 23.6 Å². The summed E-state index contributed by atoms with van der Waals surface area (Å²) in [4.78, 5) is 0. The normalized spacial score (nSPS) is 20.1. The summed E-state index contributed by atoms with van der Waals surface area (Å²) in [7, 11) is 0. The standard InChI is InChI=1S/C14H21NO/c1-4-14(2,3)15-12-9-10-16-13-8-6-5-7-11(12)13/h5-8,12,15H,4,9-10H2,1-3H3. The van der Waals surface area contributed by atoms with E-state index in [1.54, 1.807) is 0 Å². The first-order chi connectivity index (χ1) is 7.62. The van der Waals surface area contributed by atoms with E-state index in [9.17, 15) is 0 Å². The lowest BCUT2D eigenvalue weighted by atomic mass is 9.94. The molecule has 0 spiro atoms. The van der Waals surface area contributed by atoms with E-state index in [0.29, 0.717) is 6.04 Å². The Hall–Kier alpha value is -1.02. The van der Waals surface area contributed by atoms with Gasteiger partial charge in [0.15, 0.2) is 0 Å². The largest absolute Gasteiger partial charge is 0.493 e. The molecule has 1 heterocycles. The number of nitrogens with one attached hydrogen (secondary N) is 1. The molecule has 1 N–H and O–H groups in total. The first kappa shape index (κ1) is 11.5.